The minimum Gasteiger partial charge on any atom is -0.481 e. The Morgan fingerprint density at radius 2 is 1.78 bits per heavy atom. The minimum atomic E-state index is -0.915. The second-order valence-corrected chi connectivity index (χ2v) is 5.86. The predicted molar refractivity (Wildman–Crippen MR) is 87.5 cm³/mol. The van der Waals surface area contributed by atoms with Gasteiger partial charge in [-0.3, -0.25) is 9.59 Å². The molecule has 1 heterocycles. The van der Waals surface area contributed by atoms with Crippen LogP contribution < -0.4 is 0 Å². The number of aliphatic carboxylic acids is 1. The van der Waals surface area contributed by atoms with E-state index in [1.807, 2.05) is 24.3 Å². The summed E-state index contributed by atoms with van der Waals surface area (Å²) in [6.07, 6.45) is 0.922. The summed E-state index contributed by atoms with van der Waals surface area (Å²) in [7, 11) is 1.67. The number of nitrogens with zero attached hydrogens (tertiary/aromatic N) is 1. The number of fused-ring (bicyclic) bond motifs is 1. The second kappa shape index (κ2) is 5.88. The van der Waals surface area contributed by atoms with Crippen LogP contribution in [0.3, 0.4) is 0 Å². The summed E-state index contributed by atoms with van der Waals surface area (Å²) in [4.78, 5) is 26.1. The lowest BCUT2D eigenvalue weighted by Gasteiger charge is -2.38. The molecule has 3 rings (SSSR count). The molecule has 1 N–H and O–H groups in total. The number of carbonyl (C=O) groups is 2. The van der Waals surface area contributed by atoms with Crippen LogP contribution in [0.2, 0.25) is 0 Å². The van der Waals surface area contributed by atoms with Gasteiger partial charge in [0.25, 0.3) is 5.91 Å². The van der Waals surface area contributed by atoms with E-state index in [9.17, 15) is 14.7 Å². The fraction of sp³-hybridized carbons (Fsp3) is 0.263. The first-order chi connectivity index (χ1) is 11.0. The first kappa shape index (κ1) is 15.3. The van der Waals surface area contributed by atoms with Crippen LogP contribution in [0, 0.1) is 0 Å². The lowest BCUT2D eigenvalue weighted by Crippen LogP contribution is -2.42. The maximum Gasteiger partial charge on any atom is 0.313 e. The number of benzene rings is 2. The van der Waals surface area contributed by atoms with Crippen molar-refractivity contribution in [3.05, 3.63) is 70.8 Å². The molecule has 118 valence electrons. The molecule has 2 atom stereocenters. The van der Waals surface area contributed by atoms with Gasteiger partial charge in [0, 0.05) is 12.6 Å². The van der Waals surface area contributed by atoms with Crippen molar-refractivity contribution in [1.82, 2.24) is 4.90 Å². The highest BCUT2D eigenvalue weighted by Crippen LogP contribution is 2.41. The molecular formula is C19H19NO3. The van der Waals surface area contributed by atoms with E-state index in [1.165, 1.54) is 5.56 Å². The van der Waals surface area contributed by atoms with Crippen LogP contribution in [-0.4, -0.2) is 28.9 Å². The average Bonchev–Trinajstić information content (AvgIpc) is 2.57. The molecule has 23 heavy (non-hydrogen) atoms. The molecule has 1 amide bonds. The number of likely N-dealkylation sites (N-methyl/N-ethyl adjacent to an activating group) is 1. The predicted octanol–water partition coefficient (Wildman–Crippen LogP) is 3.24. The van der Waals surface area contributed by atoms with Gasteiger partial charge in [-0.1, -0.05) is 49.4 Å². The van der Waals surface area contributed by atoms with Crippen molar-refractivity contribution in [1.29, 1.82) is 0 Å². The SMILES string of the molecule is CCc1ccc([C@H]2[C@H](C(=O)O)c3ccccc3C(=O)N2C)cc1. The summed E-state index contributed by atoms with van der Waals surface area (Å²) in [6, 6.07) is 14.3. The van der Waals surface area contributed by atoms with Gasteiger partial charge in [-0.25, -0.2) is 0 Å². The van der Waals surface area contributed by atoms with Gasteiger partial charge in [-0.15, -0.1) is 0 Å². The summed E-state index contributed by atoms with van der Waals surface area (Å²) in [5.74, 6) is -1.81. The molecule has 2 aromatic rings. The van der Waals surface area contributed by atoms with Crippen LogP contribution in [0.25, 0.3) is 0 Å². The third kappa shape index (κ3) is 2.50. The van der Waals surface area contributed by atoms with Crippen molar-refractivity contribution in [2.45, 2.75) is 25.3 Å². The number of carbonyl (C=O) groups excluding carboxylic acids is 1. The monoisotopic (exact) mass is 309 g/mol. The number of carboxylic acids is 1. The van der Waals surface area contributed by atoms with Gasteiger partial charge >= 0.3 is 5.97 Å². The van der Waals surface area contributed by atoms with Crippen molar-refractivity contribution < 1.29 is 14.7 Å². The maximum atomic E-state index is 12.6. The van der Waals surface area contributed by atoms with Gasteiger partial charge in [-0.2, -0.15) is 0 Å². The number of carboxylic acid groups (broad SMARTS) is 1. The van der Waals surface area contributed by atoms with Crippen LogP contribution in [0.15, 0.2) is 48.5 Å². The van der Waals surface area contributed by atoms with Gasteiger partial charge in [0.2, 0.25) is 0 Å². The molecule has 1 aliphatic rings. The fourth-order valence-corrected chi connectivity index (χ4v) is 3.31. The Balaban J connectivity index is 2.14. The zero-order valence-corrected chi connectivity index (χ0v) is 13.2. The molecule has 0 bridgehead atoms. The third-order valence-electron chi connectivity index (χ3n) is 4.58. The summed E-state index contributed by atoms with van der Waals surface area (Å²) >= 11 is 0. The van der Waals surface area contributed by atoms with E-state index < -0.39 is 17.9 Å². The molecule has 0 fully saturated rings. The summed E-state index contributed by atoms with van der Waals surface area (Å²) in [5, 5.41) is 9.78. The van der Waals surface area contributed by atoms with Crippen molar-refractivity contribution in [2.24, 2.45) is 0 Å². The topological polar surface area (TPSA) is 57.6 Å². The van der Waals surface area contributed by atoms with Gasteiger partial charge in [-0.05, 0) is 29.2 Å². The first-order valence-electron chi connectivity index (χ1n) is 7.72. The Morgan fingerprint density at radius 3 is 2.39 bits per heavy atom. The van der Waals surface area contributed by atoms with Crippen LogP contribution in [0.1, 0.15) is 45.9 Å². The lowest BCUT2D eigenvalue weighted by molar-refractivity contribution is -0.140. The molecule has 0 radical (unpaired) electrons. The van der Waals surface area contributed by atoms with E-state index in [2.05, 4.69) is 6.92 Å². The lowest BCUT2D eigenvalue weighted by atomic mass is 9.80. The number of aryl methyl sites for hydroxylation is 1. The van der Waals surface area contributed by atoms with E-state index in [0.29, 0.717) is 11.1 Å². The van der Waals surface area contributed by atoms with Crippen molar-refractivity contribution in [3.8, 4) is 0 Å². The molecule has 1 aliphatic heterocycles. The number of rotatable bonds is 3. The van der Waals surface area contributed by atoms with E-state index in [1.54, 1.807) is 36.2 Å². The third-order valence-corrected chi connectivity index (χ3v) is 4.58. The molecule has 0 unspecified atom stereocenters. The number of hydrogen-bond donors (Lipinski definition) is 1. The Bertz CT molecular complexity index is 751. The Labute approximate surface area is 135 Å². The van der Waals surface area contributed by atoms with Gasteiger partial charge in [0.15, 0.2) is 0 Å². The zero-order valence-electron chi connectivity index (χ0n) is 13.2. The summed E-state index contributed by atoms with van der Waals surface area (Å²) in [5.41, 5.74) is 3.10. The van der Waals surface area contributed by atoms with Crippen molar-refractivity contribution in [2.75, 3.05) is 7.05 Å². The molecule has 4 nitrogen and oxygen atoms in total. The van der Waals surface area contributed by atoms with Crippen LogP contribution in [-0.2, 0) is 11.2 Å². The van der Waals surface area contributed by atoms with Crippen molar-refractivity contribution >= 4 is 11.9 Å². The molecule has 0 aromatic heterocycles. The molecule has 0 aliphatic carbocycles. The normalized spacial score (nSPS) is 20.3. The number of hydrogen-bond acceptors (Lipinski definition) is 2. The molecule has 0 saturated heterocycles. The molecule has 0 spiro atoms. The largest absolute Gasteiger partial charge is 0.481 e. The minimum absolute atomic E-state index is 0.136. The van der Waals surface area contributed by atoms with Crippen LogP contribution >= 0.6 is 0 Å². The molecule has 2 aromatic carbocycles. The van der Waals surface area contributed by atoms with Gasteiger partial charge in [0.1, 0.15) is 5.92 Å². The highest BCUT2D eigenvalue weighted by atomic mass is 16.4. The summed E-state index contributed by atoms with van der Waals surface area (Å²) in [6.45, 7) is 2.07. The summed E-state index contributed by atoms with van der Waals surface area (Å²) < 4.78 is 0. The smallest absolute Gasteiger partial charge is 0.313 e. The average molecular weight is 309 g/mol. The second-order valence-electron chi connectivity index (χ2n) is 5.86. The fourth-order valence-electron chi connectivity index (χ4n) is 3.31. The highest BCUT2D eigenvalue weighted by Gasteiger charge is 2.42. The van der Waals surface area contributed by atoms with Crippen LogP contribution in [0.5, 0.6) is 0 Å². The Morgan fingerprint density at radius 1 is 1.13 bits per heavy atom. The maximum absolute atomic E-state index is 12.6. The van der Waals surface area contributed by atoms with E-state index in [0.717, 1.165) is 12.0 Å². The van der Waals surface area contributed by atoms with Gasteiger partial charge < -0.3 is 10.0 Å². The molecule has 4 heteroatoms. The first-order valence-corrected chi connectivity index (χ1v) is 7.72. The Hall–Kier alpha value is -2.62. The molecule has 0 saturated carbocycles. The highest BCUT2D eigenvalue weighted by molar-refractivity contribution is 6.00. The van der Waals surface area contributed by atoms with Crippen molar-refractivity contribution in [3.63, 3.8) is 0 Å². The van der Waals surface area contributed by atoms with E-state index in [-0.39, 0.29) is 5.91 Å². The standard InChI is InChI=1S/C19H19NO3/c1-3-12-8-10-13(11-9-12)17-16(19(22)23)14-6-4-5-7-15(14)18(21)20(17)2/h4-11,16-17H,3H2,1-2H3,(H,22,23)/t16-,17+/m1/s1. The van der Waals surface area contributed by atoms with Crippen LogP contribution in [0.4, 0.5) is 0 Å². The quantitative estimate of drug-likeness (QED) is 0.947. The molecular weight excluding hydrogens is 290 g/mol. The van der Waals surface area contributed by atoms with E-state index >= 15 is 0 Å². The zero-order chi connectivity index (χ0) is 16.6. The van der Waals surface area contributed by atoms with Gasteiger partial charge in [0.05, 0.1) is 6.04 Å². The van der Waals surface area contributed by atoms with E-state index in [4.69, 9.17) is 0 Å². The Kier molecular flexibility index (Phi) is 3.90. The number of amides is 1.